The Kier molecular flexibility index (Phi) is 19.1. The summed E-state index contributed by atoms with van der Waals surface area (Å²) in [6, 6.07) is 29.7. The quantitative estimate of drug-likeness (QED) is 0.0364. The van der Waals surface area contributed by atoms with Crippen molar-refractivity contribution in [3.8, 4) is 17.2 Å². The van der Waals surface area contributed by atoms with Gasteiger partial charge < -0.3 is 21.1 Å². The smallest absolute Gasteiger partial charge is 0.425 e. The van der Waals surface area contributed by atoms with Crippen LogP contribution in [0.3, 0.4) is 0 Å². The highest BCUT2D eigenvalue weighted by Gasteiger charge is 2.25. The fraction of sp³-hybridized carbons (Fsp3) is 0. The van der Waals surface area contributed by atoms with Gasteiger partial charge in [0.15, 0.2) is 17.2 Å². The monoisotopic (exact) mass is 1190 g/mol. The van der Waals surface area contributed by atoms with Gasteiger partial charge in [-0.1, -0.05) is 54.6 Å². The van der Waals surface area contributed by atoms with Crippen LogP contribution in [0, 0.1) is 0 Å². The van der Waals surface area contributed by atoms with Crippen molar-refractivity contribution in [3.63, 3.8) is 0 Å². The summed E-state index contributed by atoms with van der Waals surface area (Å²) in [7, 11) is -23.9. The van der Waals surface area contributed by atoms with E-state index >= 15 is 0 Å². The van der Waals surface area contributed by atoms with Crippen molar-refractivity contribution in [2.75, 3.05) is 5.73 Å². The summed E-state index contributed by atoms with van der Waals surface area (Å²) in [5, 5.41) is 66.5. The zero-order chi connectivity index (χ0) is 57.9. The van der Waals surface area contributed by atoms with Crippen LogP contribution in [0.25, 0.3) is 32.3 Å². The highest BCUT2D eigenvalue weighted by atomic mass is 32.2. The first-order valence-corrected chi connectivity index (χ1v) is 27.5. The molecule has 8 N–H and O–H groups in total. The molecule has 8 rings (SSSR count). The fourth-order valence-electron chi connectivity index (χ4n) is 6.64. The van der Waals surface area contributed by atoms with E-state index < -0.39 is 105 Å². The number of benzene rings is 8. The summed E-state index contributed by atoms with van der Waals surface area (Å²) >= 11 is 0. The Morgan fingerprint density at radius 2 is 0.756 bits per heavy atom. The van der Waals surface area contributed by atoms with E-state index in [2.05, 4.69) is 40.9 Å². The lowest BCUT2D eigenvalue weighted by Gasteiger charge is -2.12. The van der Waals surface area contributed by atoms with Gasteiger partial charge in [0.2, 0.25) is 0 Å². The van der Waals surface area contributed by atoms with E-state index in [4.69, 9.17) is 43.6 Å². The Labute approximate surface area is 441 Å². The first-order valence-electron chi connectivity index (χ1n) is 20.1. The van der Waals surface area contributed by atoms with E-state index in [9.17, 15) is 54.2 Å². The molecule has 0 saturated carbocycles. The molecule has 8 aromatic rings. The van der Waals surface area contributed by atoms with Crippen molar-refractivity contribution in [2.24, 2.45) is 40.9 Å². The maximum atomic E-state index is 12.6. The average Bonchev–Trinajstić information content (AvgIpc) is 3.48. The van der Waals surface area contributed by atoms with Crippen LogP contribution in [0.5, 0.6) is 17.2 Å². The third-order valence-electron chi connectivity index (χ3n) is 9.75. The van der Waals surface area contributed by atoms with Crippen molar-refractivity contribution < 1.29 is 92.1 Å². The molecule has 404 valence electrons. The molecule has 30 nitrogen and oxygen atoms in total. The third kappa shape index (κ3) is 15.6. The molecule has 0 radical (unpaired) electrons. The minimum atomic E-state index is -5.03. The zero-order valence-electron chi connectivity index (χ0n) is 38.0. The van der Waals surface area contributed by atoms with Crippen molar-refractivity contribution in [1.29, 1.82) is 0 Å². The van der Waals surface area contributed by atoms with Crippen LogP contribution in [0.1, 0.15) is 0 Å². The van der Waals surface area contributed by atoms with Crippen LogP contribution in [0.2, 0.25) is 0 Å². The van der Waals surface area contributed by atoms with Gasteiger partial charge in [0.1, 0.15) is 43.1 Å². The first-order chi connectivity index (χ1) is 36.5. The number of fused-ring (bicyclic) bond motifs is 3. The lowest BCUT2D eigenvalue weighted by Crippen LogP contribution is -2.01. The van der Waals surface area contributed by atoms with Gasteiger partial charge in [0.05, 0.1) is 28.1 Å². The minimum Gasteiger partial charge on any atom is -0.505 e. The molecule has 8 aromatic carbocycles. The Hall–Kier alpha value is -9.27. The second-order valence-corrected chi connectivity index (χ2v) is 20.0. The number of hydrogen-bond acceptors (Lipinski definition) is 27. The van der Waals surface area contributed by atoms with Crippen LogP contribution in [-0.4, -0.2) is 92.1 Å². The van der Waals surface area contributed by atoms with Gasteiger partial charge in [-0.25, -0.2) is 0 Å². The molecule has 0 aliphatic heterocycles. The highest BCUT2D eigenvalue weighted by Crippen LogP contribution is 2.47. The maximum Gasteiger partial charge on any atom is 0.425 e. The molecule has 0 atom stereocenters. The van der Waals surface area contributed by atoms with Crippen LogP contribution in [0.4, 0.5) is 51.2 Å². The number of nitrogens with zero attached hydrogens (tertiary/aromatic N) is 8. The first kappa shape index (κ1) is 59.6. The fourth-order valence-corrected chi connectivity index (χ4v) is 8.59. The predicted molar refractivity (Wildman–Crippen MR) is 269 cm³/mol. The third-order valence-corrected chi connectivity index (χ3v) is 12.4. The van der Waals surface area contributed by atoms with Gasteiger partial charge in [-0.05, 0) is 89.0 Å². The van der Waals surface area contributed by atoms with Crippen LogP contribution in [-0.2, 0) is 62.2 Å². The summed E-state index contributed by atoms with van der Waals surface area (Å²) in [4.78, 5) is -2.01. The van der Waals surface area contributed by atoms with Crippen LogP contribution in [0.15, 0.2) is 183 Å². The lowest BCUT2D eigenvalue weighted by molar-refractivity contribution is 0.472. The van der Waals surface area contributed by atoms with Gasteiger partial charge in [-0.15, -0.1) is 63.5 Å². The molecule has 0 bridgehead atoms. The van der Waals surface area contributed by atoms with Crippen molar-refractivity contribution in [2.45, 2.75) is 14.7 Å². The van der Waals surface area contributed by atoms with E-state index in [1.807, 2.05) is 0 Å². The standard InChI is InChI=1S/C42H29N9O12S3.3O3S/c43-37-36-24(13-17-32(42(36)54)48-45-26-14-10-22-12-16-31(40(52)28(22)20-26)49-47-30-8-4-5-9-33(30)64(55,56)57)19-34(65(58,59)60)38(37)50-46-27-15-11-23-18-35(66(61,62)63)39(41(53)29(23)21-27)51-44-25-6-2-1-3-7-25;3*1-4(2)3/h1-21,52-54H,43H2,(H,55,56,57)(H,58,59,60)(H,61,62,63);;;. The van der Waals surface area contributed by atoms with Crippen LogP contribution < -0.4 is 5.73 Å². The highest BCUT2D eigenvalue weighted by molar-refractivity contribution is 7.86. The number of azo groups is 4. The Morgan fingerprint density at radius 1 is 0.359 bits per heavy atom. The Morgan fingerprint density at radius 3 is 1.32 bits per heavy atom. The van der Waals surface area contributed by atoms with E-state index in [0.29, 0.717) is 11.1 Å². The van der Waals surface area contributed by atoms with Crippen molar-refractivity contribution in [3.05, 3.63) is 127 Å². The summed E-state index contributed by atoms with van der Waals surface area (Å²) in [5.74, 6) is -1.63. The molecule has 0 aliphatic carbocycles. The van der Waals surface area contributed by atoms with E-state index in [-0.39, 0.29) is 61.1 Å². The lowest BCUT2D eigenvalue weighted by atomic mass is 10.1. The van der Waals surface area contributed by atoms with Gasteiger partial charge in [0.25, 0.3) is 30.4 Å². The topological polar surface area (TPSA) is 502 Å². The number of phenols is 3. The SMILES string of the molecule is Nc1c(N=Nc2ccc3cc(S(=O)(=O)O)c(N=Nc4ccccc4)c(O)c3c2)c(S(=O)(=O)O)cc2ccc(N=Nc3ccc4ccc(N=Nc5ccccc5S(=O)(=O)O)c(O)c4c3)c(O)c12.O=S(=O)=O.O=S(=O)=O.O=S(=O)=O. The molecule has 36 heteroatoms. The molecule has 0 amide bonds. The summed E-state index contributed by atoms with van der Waals surface area (Å²) in [5.41, 5.74) is 4.83. The second-order valence-electron chi connectivity index (χ2n) is 14.6. The Balaban J connectivity index is 0.000000848. The van der Waals surface area contributed by atoms with Gasteiger partial charge in [0, 0.05) is 10.8 Å². The molecule has 0 aliphatic rings. The zero-order valence-corrected chi connectivity index (χ0v) is 42.9. The molecule has 0 aromatic heterocycles. The summed E-state index contributed by atoms with van der Waals surface area (Å²) in [6.45, 7) is 0. The molecular weight excluding hydrogens is 1160 g/mol. The van der Waals surface area contributed by atoms with Gasteiger partial charge in [-0.3, -0.25) is 13.7 Å². The normalized spacial score (nSPS) is 11.8. The number of aromatic hydroxyl groups is 3. The summed E-state index contributed by atoms with van der Waals surface area (Å²) < 4.78 is 179. The van der Waals surface area contributed by atoms with Crippen molar-refractivity contribution in [1.82, 2.24) is 0 Å². The van der Waals surface area contributed by atoms with E-state index in [1.54, 1.807) is 48.5 Å². The number of hydrogen-bond donors (Lipinski definition) is 7. The number of nitrogen functional groups attached to an aromatic ring is 1. The van der Waals surface area contributed by atoms with Gasteiger partial charge in [-0.2, -0.15) is 40.6 Å². The maximum absolute atomic E-state index is 12.6. The molecule has 78 heavy (non-hydrogen) atoms. The Bertz CT molecular complexity index is 4470. The minimum absolute atomic E-state index is 0.0255. The molecule has 0 fully saturated rings. The number of rotatable bonds is 11. The molecular formula is C42H29N9O21S6. The second kappa shape index (κ2) is 25.0. The number of nitrogens with two attached hydrogens (primary N) is 1. The van der Waals surface area contributed by atoms with Gasteiger partial charge >= 0.3 is 31.8 Å². The van der Waals surface area contributed by atoms with Crippen LogP contribution >= 0.6 is 0 Å². The molecule has 0 saturated heterocycles. The number of phenolic OH excluding ortho intramolecular Hbond substituents is 3. The molecule has 0 spiro atoms. The molecule has 0 heterocycles. The molecule has 0 unspecified atom stereocenters. The summed E-state index contributed by atoms with van der Waals surface area (Å²) in [6.07, 6.45) is 0. The average molecular weight is 1190 g/mol. The largest absolute Gasteiger partial charge is 0.505 e. The predicted octanol–water partition coefficient (Wildman–Crippen LogP) is 8.23. The number of anilines is 1. The van der Waals surface area contributed by atoms with Crippen molar-refractivity contribution >= 4 is 146 Å². The van der Waals surface area contributed by atoms with E-state index in [1.165, 1.54) is 60.7 Å². The van der Waals surface area contributed by atoms with E-state index in [0.717, 1.165) is 18.2 Å².